The van der Waals surface area contributed by atoms with Crippen LogP contribution in [0.3, 0.4) is 0 Å². The van der Waals surface area contributed by atoms with Gasteiger partial charge in [-0.05, 0) is 105 Å². The summed E-state index contributed by atoms with van der Waals surface area (Å²) in [6, 6.07) is 12.3. The molecule has 10 heteroatoms. The summed E-state index contributed by atoms with van der Waals surface area (Å²) in [5.74, 6) is 1.06. The number of hydrogen-bond donors (Lipinski definition) is 1. The van der Waals surface area contributed by atoms with Gasteiger partial charge in [-0.15, -0.1) is 0 Å². The topological polar surface area (TPSA) is 106 Å². The summed E-state index contributed by atoms with van der Waals surface area (Å²) in [7, 11) is 0. The maximum atomic E-state index is 14.1. The third-order valence-electron chi connectivity index (χ3n) is 10.3. The number of aromatic nitrogens is 2. The molecule has 7 rings (SSSR count). The lowest BCUT2D eigenvalue weighted by Gasteiger charge is -2.32. The zero-order valence-corrected chi connectivity index (χ0v) is 28.1. The lowest BCUT2D eigenvalue weighted by molar-refractivity contribution is 0.0752. The number of phenolic OH excluding ortho intramolecular Hbond substituents is 1. The van der Waals surface area contributed by atoms with Gasteiger partial charge in [0.1, 0.15) is 11.6 Å². The Kier molecular flexibility index (Phi) is 8.50. The molecule has 1 unspecified atom stereocenters. The summed E-state index contributed by atoms with van der Waals surface area (Å²) in [6.45, 7) is 7.52. The first kappa shape index (κ1) is 30.5. The number of nitrogens with zero attached hydrogens (tertiary/aromatic N) is 6. The predicted molar refractivity (Wildman–Crippen MR) is 181 cm³/mol. The number of ether oxygens (including phenoxy) is 1. The average Bonchev–Trinajstić information content (AvgIpc) is 3.72. The van der Waals surface area contributed by atoms with Gasteiger partial charge in [0, 0.05) is 45.0 Å². The fraction of sp³-hybridized carbons (Fsp3) is 0.543. The number of benzene rings is 2. The number of piperidine rings is 1. The van der Waals surface area contributed by atoms with E-state index in [2.05, 4.69) is 45.4 Å². The fourth-order valence-electron chi connectivity index (χ4n) is 7.39. The van der Waals surface area contributed by atoms with Crippen LogP contribution in [0.25, 0.3) is 10.8 Å². The molecular weight excluding hydrogens is 679 g/mol. The molecular formula is C35H41IN6O3. The van der Waals surface area contributed by atoms with E-state index in [1.807, 2.05) is 23.1 Å². The van der Waals surface area contributed by atoms with Gasteiger partial charge in [0.2, 0.25) is 0 Å². The van der Waals surface area contributed by atoms with Crippen molar-refractivity contribution in [3.8, 4) is 17.8 Å². The molecule has 0 bridgehead atoms. The second kappa shape index (κ2) is 12.6. The van der Waals surface area contributed by atoms with Gasteiger partial charge in [-0.3, -0.25) is 4.79 Å². The van der Waals surface area contributed by atoms with Gasteiger partial charge in [0.25, 0.3) is 5.91 Å². The van der Waals surface area contributed by atoms with Gasteiger partial charge >= 0.3 is 6.01 Å². The zero-order chi connectivity index (χ0) is 31.1. The summed E-state index contributed by atoms with van der Waals surface area (Å²) >= 11 is 2.26. The van der Waals surface area contributed by atoms with Gasteiger partial charge in [-0.1, -0.05) is 25.0 Å². The molecule has 1 N–H and O–H groups in total. The number of amides is 1. The van der Waals surface area contributed by atoms with E-state index >= 15 is 0 Å². The van der Waals surface area contributed by atoms with Crippen molar-refractivity contribution in [2.45, 2.75) is 77.4 Å². The molecule has 9 nitrogen and oxygen atoms in total. The van der Waals surface area contributed by atoms with Crippen LogP contribution in [0.15, 0.2) is 30.3 Å². The third-order valence-corrected chi connectivity index (χ3v) is 11.2. The number of phenols is 1. The summed E-state index contributed by atoms with van der Waals surface area (Å²) in [5, 5.41) is 21.5. The maximum Gasteiger partial charge on any atom is 0.318 e. The number of hydrogen-bond acceptors (Lipinski definition) is 8. The number of carbonyl (C=O) groups excluding carboxylic acids is 1. The van der Waals surface area contributed by atoms with Crippen molar-refractivity contribution in [1.82, 2.24) is 19.8 Å². The van der Waals surface area contributed by atoms with Gasteiger partial charge in [0.05, 0.1) is 37.0 Å². The van der Waals surface area contributed by atoms with Crippen molar-refractivity contribution in [2.24, 2.45) is 11.3 Å². The highest BCUT2D eigenvalue weighted by Gasteiger charge is 2.45. The van der Waals surface area contributed by atoms with Crippen LogP contribution in [0.4, 0.5) is 5.82 Å². The van der Waals surface area contributed by atoms with Crippen molar-refractivity contribution in [2.75, 3.05) is 37.7 Å². The Bertz CT molecular complexity index is 1640. The molecule has 2 aromatic carbocycles. The molecule has 3 aromatic rings. The van der Waals surface area contributed by atoms with E-state index in [-0.39, 0.29) is 23.0 Å². The molecule has 0 spiro atoms. The Morgan fingerprint density at radius 3 is 2.71 bits per heavy atom. The number of carbonyl (C=O) groups is 1. The summed E-state index contributed by atoms with van der Waals surface area (Å²) < 4.78 is 7.42. The summed E-state index contributed by atoms with van der Waals surface area (Å²) in [4.78, 5) is 30.8. The van der Waals surface area contributed by atoms with E-state index in [0.29, 0.717) is 37.3 Å². The number of halogens is 1. The van der Waals surface area contributed by atoms with Crippen LogP contribution in [-0.4, -0.2) is 69.6 Å². The fourth-order valence-corrected chi connectivity index (χ4v) is 8.20. The highest BCUT2D eigenvalue weighted by atomic mass is 127. The largest absolute Gasteiger partial charge is 0.508 e. The maximum absolute atomic E-state index is 14.1. The van der Waals surface area contributed by atoms with E-state index in [1.54, 1.807) is 12.1 Å². The first-order valence-corrected chi connectivity index (χ1v) is 17.5. The van der Waals surface area contributed by atoms with Crippen LogP contribution in [-0.2, 0) is 13.1 Å². The molecule has 2 saturated heterocycles. The van der Waals surface area contributed by atoms with Gasteiger partial charge in [-0.2, -0.15) is 15.2 Å². The number of anilines is 1. The number of fused-ring (bicyclic) bond motifs is 2. The molecule has 1 amide bonds. The number of nitriles is 1. The van der Waals surface area contributed by atoms with Gasteiger partial charge < -0.3 is 24.5 Å². The second-order valence-corrected chi connectivity index (χ2v) is 14.8. The molecule has 4 aliphatic rings. The first-order chi connectivity index (χ1) is 21.8. The first-order valence-electron chi connectivity index (χ1n) is 16.4. The highest BCUT2D eigenvalue weighted by Crippen LogP contribution is 2.47. The number of aromatic hydroxyl groups is 1. The van der Waals surface area contributed by atoms with Crippen molar-refractivity contribution in [3.63, 3.8) is 0 Å². The average molecular weight is 721 g/mol. The Labute approximate surface area is 278 Å². The van der Waals surface area contributed by atoms with Crippen LogP contribution in [0, 0.1) is 26.2 Å². The van der Waals surface area contributed by atoms with Crippen LogP contribution >= 0.6 is 22.6 Å². The SMILES string of the molecule is CC1CCCCCN1c1nc(OCC2(CN3CCC(C#N)CC3)CC2)nc2c1CN(C(=O)c1cc(O)cc3cccc(I)c13)C2. The predicted octanol–water partition coefficient (Wildman–Crippen LogP) is 6.26. The van der Waals surface area contributed by atoms with Crippen LogP contribution in [0.2, 0.25) is 0 Å². The van der Waals surface area contributed by atoms with E-state index in [1.165, 1.54) is 12.8 Å². The molecule has 1 saturated carbocycles. The van der Waals surface area contributed by atoms with Crippen molar-refractivity contribution in [3.05, 3.63) is 50.7 Å². The molecule has 4 heterocycles. The molecule has 45 heavy (non-hydrogen) atoms. The van der Waals surface area contributed by atoms with E-state index < -0.39 is 0 Å². The smallest absolute Gasteiger partial charge is 0.318 e. The molecule has 1 atom stereocenters. The number of likely N-dealkylation sites (tertiary alicyclic amines) is 1. The normalized spacial score (nSPS) is 21.8. The van der Waals surface area contributed by atoms with E-state index in [0.717, 1.165) is 96.1 Å². The molecule has 1 aliphatic carbocycles. The molecule has 0 radical (unpaired) electrons. The van der Waals surface area contributed by atoms with Crippen molar-refractivity contribution >= 4 is 45.1 Å². The van der Waals surface area contributed by atoms with Gasteiger partial charge in [-0.25, -0.2) is 0 Å². The highest BCUT2D eigenvalue weighted by molar-refractivity contribution is 14.1. The van der Waals surface area contributed by atoms with Crippen LogP contribution in [0.1, 0.15) is 79.9 Å². The standard InChI is InChI=1S/C35H41IN6O3/c1-23-6-3-2-4-13-42(23)32-28-19-41(33(44)27-17-26(43)16-25-7-5-8-29(36)31(25)27)20-30(28)38-34(39-32)45-22-35(11-12-35)21-40-14-9-24(18-37)10-15-40/h5,7-8,16-17,23-24,43H,2-4,6,9-15,19-22H2,1H3. The van der Waals surface area contributed by atoms with Gasteiger partial charge in [0.15, 0.2) is 0 Å². The minimum atomic E-state index is -0.118. The molecule has 1 aromatic heterocycles. The monoisotopic (exact) mass is 720 g/mol. The third kappa shape index (κ3) is 6.30. The Morgan fingerprint density at radius 1 is 1.11 bits per heavy atom. The molecule has 3 fully saturated rings. The Hall–Kier alpha value is -3.17. The quantitative estimate of drug-likeness (QED) is 0.286. The Morgan fingerprint density at radius 2 is 1.93 bits per heavy atom. The minimum absolute atomic E-state index is 0.0857. The van der Waals surface area contributed by atoms with Crippen molar-refractivity contribution < 1.29 is 14.6 Å². The second-order valence-electron chi connectivity index (χ2n) is 13.6. The lowest BCUT2D eigenvalue weighted by atomic mass is 9.97. The Balaban J connectivity index is 1.15. The van der Waals surface area contributed by atoms with Crippen LogP contribution < -0.4 is 9.64 Å². The van der Waals surface area contributed by atoms with Crippen molar-refractivity contribution in [1.29, 1.82) is 5.26 Å². The van der Waals surface area contributed by atoms with Crippen LogP contribution in [0.5, 0.6) is 11.8 Å². The summed E-state index contributed by atoms with van der Waals surface area (Å²) in [6.07, 6.45) is 8.79. The van der Waals surface area contributed by atoms with E-state index in [4.69, 9.17) is 14.7 Å². The minimum Gasteiger partial charge on any atom is -0.508 e. The molecule has 236 valence electrons. The lowest BCUT2D eigenvalue weighted by Crippen LogP contribution is -2.39. The van der Waals surface area contributed by atoms with E-state index in [9.17, 15) is 15.2 Å². The number of rotatable bonds is 7. The zero-order valence-electron chi connectivity index (χ0n) is 26.0. The molecule has 3 aliphatic heterocycles. The summed E-state index contributed by atoms with van der Waals surface area (Å²) in [5.41, 5.74) is 2.48.